The maximum atomic E-state index is 12.2. The molecule has 26 heavy (non-hydrogen) atoms. The van der Waals surface area contributed by atoms with Crippen LogP contribution in [0.2, 0.25) is 10.0 Å². The number of nitrogens with one attached hydrogen (secondary N) is 1. The molecule has 0 fully saturated rings. The van der Waals surface area contributed by atoms with Crippen LogP contribution < -0.4 is 5.32 Å². The molecular weight excluding hydrogens is 389 g/mol. The van der Waals surface area contributed by atoms with Gasteiger partial charge in [-0.15, -0.1) is 0 Å². The van der Waals surface area contributed by atoms with Crippen LogP contribution in [-0.4, -0.2) is 27.7 Å². The number of anilines is 1. The maximum Gasteiger partial charge on any atom is 0.226 e. The first-order chi connectivity index (χ1) is 12.6. The molecule has 3 aromatic rings. The number of carbonyl (C=O) groups excluding carboxylic acids is 1. The predicted molar refractivity (Wildman–Crippen MR) is 111 cm³/mol. The van der Waals surface area contributed by atoms with Gasteiger partial charge in [-0.25, -0.2) is 4.68 Å². The fourth-order valence-corrected chi connectivity index (χ4v) is 3.21. The van der Waals surface area contributed by atoms with Gasteiger partial charge in [0, 0.05) is 28.8 Å². The first-order valence-corrected chi connectivity index (χ1v) is 10.1. The minimum Gasteiger partial charge on any atom is -0.311 e. The Morgan fingerprint density at radius 3 is 2.65 bits per heavy atom. The average molecular weight is 406 g/mol. The number of hydrogen-bond acceptors (Lipinski definition) is 3. The van der Waals surface area contributed by atoms with Crippen molar-refractivity contribution in [1.82, 2.24) is 9.78 Å². The van der Waals surface area contributed by atoms with Gasteiger partial charge in [0.05, 0.1) is 16.4 Å². The molecule has 3 rings (SSSR count). The molecule has 1 aromatic heterocycles. The van der Waals surface area contributed by atoms with Gasteiger partial charge in [0.15, 0.2) is 0 Å². The zero-order chi connectivity index (χ0) is 18.5. The Kier molecular flexibility index (Phi) is 6.25. The number of amides is 1. The van der Waals surface area contributed by atoms with E-state index < -0.39 is 0 Å². The van der Waals surface area contributed by atoms with Crippen LogP contribution in [0.3, 0.4) is 0 Å². The van der Waals surface area contributed by atoms with Crippen molar-refractivity contribution < 1.29 is 4.79 Å². The highest BCUT2D eigenvalue weighted by Crippen LogP contribution is 2.30. The quantitative estimate of drug-likeness (QED) is 0.585. The molecule has 0 aliphatic rings. The number of carbonyl (C=O) groups is 1. The van der Waals surface area contributed by atoms with Crippen LogP contribution in [0.15, 0.2) is 54.6 Å². The van der Waals surface area contributed by atoms with Crippen molar-refractivity contribution in [2.75, 3.05) is 17.3 Å². The van der Waals surface area contributed by atoms with E-state index in [-0.39, 0.29) is 5.91 Å². The number of rotatable bonds is 6. The molecular formula is C19H17Cl2N3OS. The smallest absolute Gasteiger partial charge is 0.226 e. The third kappa shape index (κ3) is 4.41. The minimum atomic E-state index is -0.0711. The van der Waals surface area contributed by atoms with Crippen molar-refractivity contribution in [2.45, 2.75) is 6.42 Å². The fourth-order valence-electron chi connectivity index (χ4n) is 2.45. The number of nitrogens with zero attached hydrogens (tertiary/aromatic N) is 2. The summed E-state index contributed by atoms with van der Waals surface area (Å²) in [6.07, 6.45) is 2.40. The van der Waals surface area contributed by atoms with E-state index in [0.717, 1.165) is 17.0 Å². The zero-order valence-corrected chi connectivity index (χ0v) is 16.4. The lowest BCUT2D eigenvalue weighted by Crippen LogP contribution is -2.15. The van der Waals surface area contributed by atoms with E-state index in [2.05, 4.69) is 10.4 Å². The van der Waals surface area contributed by atoms with E-state index >= 15 is 0 Å². The number of benzene rings is 2. The average Bonchev–Trinajstić information content (AvgIpc) is 3.06. The van der Waals surface area contributed by atoms with Gasteiger partial charge in [0.25, 0.3) is 0 Å². The first kappa shape index (κ1) is 18.8. The molecule has 7 heteroatoms. The van der Waals surface area contributed by atoms with E-state index in [1.807, 2.05) is 42.7 Å². The summed E-state index contributed by atoms with van der Waals surface area (Å²) in [5.74, 6) is 1.24. The number of halogens is 2. The topological polar surface area (TPSA) is 46.9 Å². The molecule has 0 aliphatic heterocycles. The summed E-state index contributed by atoms with van der Waals surface area (Å²) in [5, 5.41) is 8.61. The maximum absolute atomic E-state index is 12.2. The second-order valence-electron chi connectivity index (χ2n) is 5.58. The standard InChI is InChI=1S/C19H17Cl2N3OS/c1-26-10-9-19(25)22-18-12-16(13-5-3-2-4-6-13)23-24(18)17-11-14(20)7-8-15(17)21/h2-8,11-12H,9-10H2,1H3,(H,22,25). The van der Waals surface area contributed by atoms with Gasteiger partial charge in [-0.2, -0.15) is 16.9 Å². The highest BCUT2D eigenvalue weighted by molar-refractivity contribution is 7.98. The lowest BCUT2D eigenvalue weighted by molar-refractivity contribution is -0.115. The van der Waals surface area contributed by atoms with Crippen LogP contribution in [0.25, 0.3) is 16.9 Å². The molecule has 2 aromatic carbocycles. The summed E-state index contributed by atoms with van der Waals surface area (Å²) < 4.78 is 1.62. The van der Waals surface area contributed by atoms with Crippen molar-refractivity contribution in [2.24, 2.45) is 0 Å². The Balaban J connectivity index is 2.04. The van der Waals surface area contributed by atoms with Gasteiger partial charge < -0.3 is 5.32 Å². The Morgan fingerprint density at radius 2 is 1.92 bits per heavy atom. The Hall–Kier alpha value is -1.95. The van der Waals surface area contributed by atoms with Crippen LogP contribution in [0.1, 0.15) is 6.42 Å². The number of aromatic nitrogens is 2. The second-order valence-corrected chi connectivity index (χ2v) is 7.41. The fraction of sp³-hybridized carbons (Fsp3) is 0.158. The van der Waals surface area contributed by atoms with Crippen molar-refractivity contribution in [3.8, 4) is 16.9 Å². The van der Waals surface area contributed by atoms with Gasteiger partial charge in [-0.1, -0.05) is 53.5 Å². The third-order valence-corrected chi connectivity index (χ3v) is 4.88. The largest absolute Gasteiger partial charge is 0.311 e. The minimum absolute atomic E-state index is 0.0711. The summed E-state index contributed by atoms with van der Waals surface area (Å²) in [4.78, 5) is 12.2. The summed E-state index contributed by atoms with van der Waals surface area (Å²) in [6.45, 7) is 0. The lowest BCUT2D eigenvalue weighted by atomic mass is 10.1. The molecule has 0 saturated carbocycles. The second kappa shape index (κ2) is 8.62. The van der Waals surface area contributed by atoms with Gasteiger partial charge in [0.1, 0.15) is 5.82 Å². The molecule has 0 unspecified atom stereocenters. The molecule has 1 N–H and O–H groups in total. The van der Waals surface area contributed by atoms with Gasteiger partial charge in [0.2, 0.25) is 5.91 Å². The summed E-state index contributed by atoms with van der Waals surface area (Å²) in [6, 6.07) is 16.7. The summed E-state index contributed by atoms with van der Waals surface area (Å²) in [7, 11) is 0. The molecule has 1 heterocycles. The van der Waals surface area contributed by atoms with E-state index in [1.54, 1.807) is 34.6 Å². The highest BCUT2D eigenvalue weighted by Gasteiger charge is 2.16. The van der Waals surface area contributed by atoms with E-state index in [1.165, 1.54) is 0 Å². The van der Waals surface area contributed by atoms with Gasteiger partial charge in [-0.3, -0.25) is 4.79 Å². The molecule has 0 spiro atoms. The van der Waals surface area contributed by atoms with Gasteiger partial charge >= 0.3 is 0 Å². The van der Waals surface area contributed by atoms with Gasteiger partial charge in [-0.05, 0) is 24.5 Å². The van der Waals surface area contributed by atoms with Crippen LogP contribution >= 0.6 is 35.0 Å². The molecule has 0 radical (unpaired) electrons. The molecule has 0 atom stereocenters. The molecule has 4 nitrogen and oxygen atoms in total. The van der Waals surface area contributed by atoms with Crippen molar-refractivity contribution in [3.63, 3.8) is 0 Å². The van der Waals surface area contributed by atoms with Crippen molar-refractivity contribution in [3.05, 3.63) is 64.6 Å². The van der Waals surface area contributed by atoms with E-state index in [9.17, 15) is 4.79 Å². The summed E-state index contributed by atoms with van der Waals surface area (Å²) in [5.41, 5.74) is 2.30. The molecule has 1 amide bonds. The van der Waals surface area contributed by atoms with Crippen molar-refractivity contribution in [1.29, 1.82) is 0 Å². The SMILES string of the molecule is CSCCC(=O)Nc1cc(-c2ccccc2)nn1-c1cc(Cl)ccc1Cl. The normalized spacial score (nSPS) is 10.7. The van der Waals surface area contributed by atoms with Crippen molar-refractivity contribution >= 4 is 46.7 Å². The monoisotopic (exact) mass is 405 g/mol. The lowest BCUT2D eigenvalue weighted by Gasteiger charge is -2.10. The third-order valence-electron chi connectivity index (χ3n) is 3.72. The Bertz CT molecular complexity index is 912. The van der Waals surface area contributed by atoms with Crippen LogP contribution in [0, 0.1) is 0 Å². The van der Waals surface area contributed by atoms with E-state index in [4.69, 9.17) is 23.2 Å². The first-order valence-electron chi connectivity index (χ1n) is 7.98. The van der Waals surface area contributed by atoms with Crippen LogP contribution in [0.4, 0.5) is 5.82 Å². The number of hydrogen-bond donors (Lipinski definition) is 1. The highest BCUT2D eigenvalue weighted by atomic mass is 35.5. The predicted octanol–water partition coefficient (Wildman–Crippen LogP) is 5.54. The molecule has 0 aliphatic carbocycles. The number of thioether (sulfide) groups is 1. The summed E-state index contributed by atoms with van der Waals surface area (Å²) >= 11 is 14.1. The van der Waals surface area contributed by atoms with Crippen LogP contribution in [0.5, 0.6) is 0 Å². The molecule has 134 valence electrons. The van der Waals surface area contributed by atoms with Crippen LogP contribution in [-0.2, 0) is 4.79 Å². The zero-order valence-electron chi connectivity index (χ0n) is 14.1. The Labute approximate surface area is 166 Å². The molecule has 0 saturated heterocycles. The Morgan fingerprint density at radius 1 is 1.15 bits per heavy atom. The molecule has 0 bridgehead atoms. The van der Waals surface area contributed by atoms with E-state index in [0.29, 0.717) is 28.0 Å².